The molecule has 0 N–H and O–H groups in total. The Bertz CT molecular complexity index is 399. The van der Waals surface area contributed by atoms with Crippen molar-refractivity contribution in [3.8, 4) is 0 Å². The first-order chi connectivity index (χ1) is 8.96. The van der Waals surface area contributed by atoms with Crippen molar-refractivity contribution >= 4 is 0 Å². The molecule has 0 amide bonds. The number of hydrogen-bond donors (Lipinski definition) is 0. The summed E-state index contributed by atoms with van der Waals surface area (Å²) in [6.45, 7) is 4.39. The van der Waals surface area contributed by atoms with E-state index in [1.54, 1.807) is 0 Å². The maximum absolute atomic E-state index is 13.1. The topological polar surface area (TPSA) is 0 Å². The molecule has 106 valence electrons. The average Bonchev–Trinajstić information content (AvgIpc) is 2.38. The van der Waals surface area contributed by atoms with Gasteiger partial charge in [0.2, 0.25) is 5.92 Å². The van der Waals surface area contributed by atoms with Crippen molar-refractivity contribution < 1.29 is 8.78 Å². The predicted octanol–water partition coefficient (Wildman–Crippen LogP) is 5.57. The average molecular weight is 266 g/mol. The normalized spacial score (nSPS) is 19.8. The molecule has 2 rings (SSSR count). The van der Waals surface area contributed by atoms with Gasteiger partial charge in [0, 0.05) is 12.8 Å². The third-order valence-electron chi connectivity index (χ3n) is 4.30. The third kappa shape index (κ3) is 4.29. The second kappa shape index (κ2) is 6.02. The molecule has 1 saturated carbocycles. The highest BCUT2D eigenvalue weighted by Crippen LogP contribution is 2.37. The van der Waals surface area contributed by atoms with Gasteiger partial charge < -0.3 is 0 Å². The second-order valence-corrected chi connectivity index (χ2v) is 6.24. The molecule has 0 aliphatic heterocycles. The van der Waals surface area contributed by atoms with Gasteiger partial charge in [-0.2, -0.15) is 0 Å². The highest BCUT2D eigenvalue weighted by Gasteiger charge is 2.34. The molecule has 1 aromatic carbocycles. The van der Waals surface area contributed by atoms with Crippen LogP contribution in [0.3, 0.4) is 0 Å². The van der Waals surface area contributed by atoms with E-state index in [2.05, 4.69) is 38.1 Å². The maximum Gasteiger partial charge on any atom is 0.248 e. The predicted molar refractivity (Wildman–Crippen MR) is 75.8 cm³/mol. The number of hydrogen-bond acceptors (Lipinski definition) is 0. The van der Waals surface area contributed by atoms with E-state index in [-0.39, 0.29) is 12.8 Å². The molecule has 0 atom stereocenters. The minimum Gasteiger partial charge on any atom is -0.207 e. The Hall–Kier alpha value is -0.920. The summed E-state index contributed by atoms with van der Waals surface area (Å²) in [5.41, 5.74) is 2.72. The standard InChI is InChI=1S/C17H24F2/c1-13(2)16-5-3-4-15(12-16)7-6-14-8-10-17(18,19)11-9-14/h3-5,12-14H,6-11H2,1-2H3. The van der Waals surface area contributed by atoms with E-state index in [0.29, 0.717) is 24.7 Å². The van der Waals surface area contributed by atoms with Gasteiger partial charge in [-0.15, -0.1) is 0 Å². The molecule has 2 heteroatoms. The molecule has 0 aromatic heterocycles. The van der Waals surface area contributed by atoms with Crippen LogP contribution in [0.5, 0.6) is 0 Å². The van der Waals surface area contributed by atoms with E-state index < -0.39 is 5.92 Å². The van der Waals surface area contributed by atoms with E-state index >= 15 is 0 Å². The molecule has 0 bridgehead atoms. The van der Waals surface area contributed by atoms with Crippen molar-refractivity contribution in [3.63, 3.8) is 0 Å². The lowest BCUT2D eigenvalue weighted by Crippen LogP contribution is -2.24. The van der Waals surface area contributed by atoms with Crippen LogP contribution in [0.25, 0.3) is 0 Å². The van der Waals surface area contributed by atoms with Gasteiger partial charge in [-0.1, -0.05) is 38.1 Å². The highest BCUT2D eigenvalue weighted by atomic mass is 19.3. The summed E-state index contributed by atoms with van der Waals surface area (Å²) >= 11 is 0. The summed E-state index contributed by atoms with van der Waals surface area (Å²) in [6.07, 6.45) is 3.63. The van der Waals surface area contributed by atoms with Crippen molar-refractivity contribution in [2.24, 2.45) is 5.92 Å². The molecule has 0 saturated heterocycles. The van der Waals surface area contributed by atoms with Crippen LogP contribution in [-0.2, 0) is 6.42 Å². The molecule has 0 spiro atoms. The van der Waals surface area contributed by atoms with Crippen LogP contribution in [0.15, 0.2) is 24.3 Å². The molecule has 0 unspecified atom stereocenters. The largest absolute Gasteiger partial charge is 0.248 e. The zero-order valence-electron chi connectivity index (χ0n) is 12.0. The fourth-order valence-electron chi connectivity index (χ4n) is 2.87. The zero-order chi connectivity index (χ0) is 13.9. The quantitative estimate of drug-likeness (QED) is 0.668. The molecule has 1 aliphatic carbocycles. The van der Waals surface area contributed by atoms with Crippen molar-refractivity contribution in [3.05, 3.63) is 35.4 Å². The molecular weight excluding hydrogens is 242 g/mol. The smallest absolute Gasteiger partial charge is 0.207 e. The van der Waals surface area contributed by atoms with Crippen LogP contribution in [0, 0.1) is 5.92 Å². The summed E-state index contributed by atoms with van der Waals surface area (Å²) < 4.78 is 26.2. The second-order valence-electron chi connectivity index (χ2n) is 6.24. The van der Waals surface area contributed by atoms with Gasteiger partial charge in [-0.25, -0.2) is 8.78 Å². The number of benzene rings is 1. The number of rotatable bonds is 4. The molecule has 0 heterocycles. The Morgan fingerprint density at radius 1 is 1.21 bits per heavy atom. The van der Waals surface area contributed by atoms with Gasteiger partial charge in [-0.05, 0) is 48.6 Å². The first-order valence-electron chi connectivity index (χ1n) is 7.43. The van der Waals surface area contributed by atoms with Crippen molar-refractivity contribution in [1.29, 1.82) is 0 Å². The van der Waals surface area contributed by atoms with Crippen LogP contribution >= 0.6 is 0 Å². The number of aryl methyl sites for hydroxylation is 1. The van der Waals surface area contributed by atoms with Gasteiger partial charge in [0.1, 0.15) is 0 Å². The summed E-state index contributed by atoms with van der Waals surface area (Å²) in [5, 5.41) is 0. The van der Waals surface area contributed by atoms with Crippen molar-refractivity contribution in [2.45, 2.75) is 64.2 Å². The number of alkyl halides is 2. The molecule has 1 fully saturated rings. The molecule has 1 aliphatic rings. The van der Waals surface area contributed by atoms with Gasteiger partial charge in [-0.3, -0.25) is 0 Å². The first-order valence-corrected chi connectivity index (χ1v) is 7.43. The summed E-state index contributed by atoms with van der Waals surface area (Å²) in [6, 6.07) is 8.69. The molecular formula is C17H24F2. The van der Waals surface area contributed by atoms with Crippen LogP contribution in [0.2, 0.25) is 0 Å². The third-order valence-corrected chi connectivity index (χ3v) is 4.30. The summed E-state index contributed by atoms with van der Waals surface area (Å²) in [7, 11) is 0. The van der Waals surface area contributed by atoms with Gasteiger partial charge in [0.15, 0.2) is 0 Å². The fraction of sp³-hybridized carbons (Fsp3) is 0.647. The van der Waals surface area contributed by atoms with Crippen molar-refractivity contribution in [1.82, 2.24) is 0 Å². The van der Waals surface area contributed by atoms with Crippen LogP contribution in [-0.4, -0.2) is 5.92 Å². The van der Waals surface area contributed by atoms with Gasteiger partial charge >= 0.3 is 0 Å². The van der Waals surface area contributed by atoms with Crippen LogP contribution in [0.1, 0.15) is 63.0 Å². The Morgan fingerprint density at radius 2 is 1.89 bits per heavy atom. The van der Waals surface area contributed by atoms with E-state index in [0.717, 1.165) is 12.8 Å². The molecule has 19 heavy (non-hydrogen) atoms. The first kappa shape index (κ1) is 14.5. The van der Waals surface area contributed by atoms with E-state index in [1.165, 1.54) is 11.1 Å². The summed E-state index contributed by atoms with van der Waals surface area (Å²) in [5.74, 6) is -1.36. The lowest BCUT2D eigenvalue weighted by atomic mass is 9.83. The van der Waals surface area contributed by atoms with E-state index in [4.69, 9.17) is 0 Å². The van der Waals surface area contributed by atoms with E-state index in [1.807, 2.05) is 0 Å². The Kier molecular flexibility index (Phi) is 4.59. The molecule has 0 radical (unpaired) electrons. The Morgan fingerprint density at radius 3 is 2.53 bits per heavy atom. The monoisotopic (exact) mass is 266 g/mol. The minimum atomic E-state index is -2.39. The van der Waals surface area contributed by atoms with Gasteiger partial charge in [0.25, 0.3) is 0 Å². The lowest BCUT2D eigenvalue weighted by molar-refractivity contribution is -0.0464. The van der Waals surface area contributed by atoms with Gasteiger partial charge in [0.05, 0.1) is 0 Å². The lowest BCUT2D eigenvalue weighted by Gasteiger charge is -2.28. The fourth-order valence-corrected chi connectivity index (χ4v) is 2.87. The number of halogens is 2. The minimum absolute atomic E-state index is 0.0870. The maximum atomic E-state index is 13.1. The molecule has 1 aromatic rings. The Balaban J connectivity index is 1.84. The van der Waals surface area contributed by atoms with Crippen LogP contribution in [0.4, 0.5) is 8.78 Å². The SMILES string of the molecule is CC(C)c1cccc(CCC2CCC(F)(F)CC2)c1. The van der Waals surface area contributed by atoms with Crippen LogP contribution < -0.4 is 0 Å². The van der Waals surface area contributed by atoms with Crippen molar-refractivity contribution in [2.75, 3.05) is 0 Å². The van der Waals surface area contributed by atoms with E-state index in [9.17, 15) is 8.78 Å². The zero-order valence-corrected chi connectivity index (χ0v) is 12.0. The molecule has 0 nitrogen and oxygen atoms in total. The Labute approximate surface area is 115 Å². The highest BCUT2D eigenvalue weighted by molar-refractivity contribution is 5.25. The summed E-state index contributed by atoms with van der Waals surface area (Å²) in [4.78, 5) is 0.